The van der Waals surface area contributed by atoms with Gasteiger partial charge < -0.3 is 14.2 Å². The number of nitrogens with zero attached hydrogens (tertiary/aromatic N) is 1. The zero-order valence-corrected chi connectivity index (χ0v) is 15.7. The highest BCUT2D eigenvalue weighted by Crippen LogP contribution is 2.30. The maximum atomic E-state index is 12.4. The lowest BCUT2D eigenvalue weighted by molar-refractivity contribution is -0.138. The molecule has 0 N–H and O–H groups in total. The van der Waals surface area contributed by atoms with Crippen molar-refractivity contribution in [3.05, 3.63) is 59.1 Å². The molecular formula is C20H17F2NO4S. The average molecular weight is 405 g/mol. The molecule has 3 rings (SSSR count). The molecule has 0 radical (unpaired) electrons. The number of halogens is 2. The summed E-state index contributed by atoms with van der Waals surface area (Å²) in [6.45, 7) is -0.850. The van der Waals surface area contributed by atoms with Gasteiger partial charge in [0.25, 0.3) is 0 Å². The summed E-state index contributed by atoms with van der Waals surface area (Å²) >= 11 is 1.46. The molecule has 3 aromatic rings. The first kappa shape index (κ1) is 19.8. The molecule has 0 unspecified atom stereocenters. The lowest BCUT2D eigenvalue weighted by atomic mass is 10.2. The molecule has 0 saturated heterocycles. The molecule has 0 spiro atoms. The molecule has 2 aromatic carbocycles. The molecule has 146 valence electrons. The fourth-order valence-corrected chi connectivity index (χ4v) is 3.30. The smallest absolute Gasteiger partial charge is 0.387 e. The molecule has 0 saturated carbocycles. The van der Waals surface area contributed by atoms with Crippen LogP contribution in [0.3, 0.4) is 0 Å². The van der Waals surface area contributed by atoms with Crippen molar-refractivity contribution in [2.24, 2.45) is 0 Å². The third-order valence-corrected chi connectivity index (χ3v) is 4.58. The van der Waals surface area contributed by atoms with Gasteiger partial charge >= 0.3 is 12.6 Å². The first-order valence-corrected chi connectivity index (χ1v) is 9.27. The number of aromatic nitrogens is 1. The summed E-state index contributed by atoms with van der Waals surface area (Å²) in [4.78, 5) is 16.3. The maximum Gasteiger partial charge on any atom is 0.387 e. The maximum absolute atomic E-state index is 12.4. The van der Waals surface area contributed by atoms with E-state index in [-0.39, 0.29) is 24.7 Å². The Kier molecular flexibility index (Phi) is 6.54. The van der Waals surface area contributed by atoms with Crippen molar-refractivity contribution >= 4 is 33.6 Å². The number of thiazole rings is 1. The van der Waals surface area contributed by atoms with Gasteiger partial charge in [-0.25, -0.2) is 9.78 Å². The second-order valence-corrected chi connectivity index (χ2v) is 6.65. The van der Waals surface area contributed by atoms with Crippen LogP contribution in [0, 0.1) is 0 Å². The second kappa shape index (κ2) is 9.27. The molecule has 0 fully saturated rings. The summed E-state index contributed by atoms with van der Waals surface area (Å²) in [5.74, 6) is -0.426. The van der Waals surface area contributed by atoms with E-state index in [1.165, 1.54) is 41.7 Å². The third-order valence-electron chi connectivity index (χ3n) is 3.57. The van der Waals surface area contributed by atoms with Crippen LogP contribution in [0.1, 0.15) is 17.5 Å². The van der Waals surface area contributed by atoms with E-state index < -0.39 is 12.6 Å². The number of fused-ring (bicyclic) bond motifs is 1. The van der Waals surface area contributed by atoms with Crippen LogP contribution in [0.25, 0.3) is 16.3 Å². The molecule has 5 nitrogen and oxygen atoms in total. The number of esters is 1. The molecule has 28 heavy (non-hydrogen) atoms. The summed E-state index contributed by atoms with van der Waals surface area (Å²) in [6, 6.07) is 12.1. The minimum atomic E-state index is -2.95. The number of para-hydroxylation sites is 1. The van der Waals surface area contributed by atoms with E-state index in [4.69, 9.17) is 9.47 Å². The Morgan fingerprint density at radius 3 is 2.79 bits per heavy atom. The van der Waals surface area contributed by atoms with Gasteiger partial charge in [-0.15, -0.1) is 11.3 Å². The quantitative estimate of drug-likeness (QED) is 0.388. The van der Waals surface area contributed by atoms with Crippen LogP contribution in [-0.2, 0) is 16.1 Å². The number of ether oxygens (including phenoxy) is 3. The van der Waals surface area contributed by atoms with Crippen molar-refractivity contribution in [3.8, 4) is 11.5 Å². The predicted molar refractivity (Wildman–Crippen MR) is 103 cm³/mol. The average Bonchev–Trinajstić information content (AvgIpc) is 3.09. The van der Waals surface area contributed by atoms with Crippen molar-refractivity contribution in [3.63, 3.8) is 0 Å². The van der Waals surface area contributed by atoms with Gasteiger partial charge in [0.15, 0.2) is 11.5 Å². The van der Waals surface area contributed by atoms with Gasteiger partial charge in [-0.1, -0.05) is 18.2 Å². The summed E-state index contributed by atoms with van der Waals surface area (Å²) in [7, 11) is 0. The molecule has 0 atom stereocenters. The molecule has 0 bridgehead atoms. The largest absolute Gasteiger partial charge is 0.490 e. The van der Waals surface area contributed by atoms with Crippen LogP contribution >= 0.6 is 11.3 Å². The predicted octanol–water partition coefficient (Wildman–Crippen LogP) is 5.05. The van der Waals surface area contributed by atoms with Crippen LogP contribution < -0.4 is 9.47 Å². The van der Waals surface area contributed by atoms with Crippen molar-refractivity contribution < 1.29 is 27.8 Å². The van der Waals surface area contributed by atoms with E-state index >= 15 is 0 Å². The monoisotopic (exact) mass is 405 g/mol. The zero-order valence-electron chi connectivity index (χ0n) is 14.9. The van der Waals surface area contributed by atoms with Crippen molar-refractivity contribution in [1.82, 2.24) is 4.98 Å². The number of hydrogen-bond acceptors (Lipinski definition) is 6. The van der Waals surface area contributed by atoms with E-state index in [1.807, 2.05) is 24.3 Å². The lowest BCUT2D eigenvalue weighted by Crippen LogP contribution is -2.04. The summed E-state index contributed by atoms with van der Waals surface area (Å²) < 4.78 is 40.8. The van der Waals surface area contributed by atoms with E-state index in [2.05, 4.69) is 9.72 Å². The Morgan fingerprint density at radius 2 is 2.04 bits per heavy atom. The molecule has 8 heteroatoms. The summed E-state index contributed by atoms with van der Waals surface area (Å²) in [5, 5.41) is 0.704. The Hall–Kier alpha value is -3.00. The van der Waals surface area contributed by atoms with E-state index in [1.54, 1.807) is 6.92 Å². The Labute approximate surface area is 164 Å². The fourth-order valence-electron chi connectivity index (χ4n) is 2.42. The first-order valence-electron chi connectivity index (χ1n) is 8.46. The lowest BCUT2D eigenvalue weighted by Gasteiger charge is -2.11. The van der Waals surface area contributed by atoms with E-state index in [9.17, 15) is 13.6 Å². The van der Waals surface area contributed by atoms with Gasteiger partial charge in [0.05, 0.1) is 16.8 Å². The van der Waals surface area contributed by atoms with E-state index in [0.29, 0.717) is 10.6 Å². The normalized spacial score (nSPS) is 11.3. The topological polar surface area (TPSA) is 57.7 Å². The highest BCUT2D eigenvalue weighted by molar-refractivity contribution is 7.18. The molecular weight excluding hydrogens is 388 g/mol. The minimum absolute atomic E-state index is 0.0626. The van der Waals surface area contributed by atoms with E-state index in [0.717, 1.165) is 10.2 Å². The van der Waals surface area contributed by atoms with Crippen molar-refractivity contribution in [2.75, 3.05) is 6.61 Å². The molecule has 0 aliphatic heterocycles. The minimum Gasteiger partial charge on any atom is -0.490 e. The van der Waals surface area contributed by atoms with Crippen LogP contribution in [0.15, 0.2) is 48.5 Å². The van der Waals surface area contributed by atoms with Crippen LogP contribution in [0.2, 0.25) is 0 Å². The Morgan fingerprint density at radius 1 is 1.21 bits per heavy atom. The highest BCUT2D eigenvalue weighted by Gasteiger charge is 2.11. The summed E-state index contributed by atoms with van der Waals surface area (Å²) in [5.41, 5.74) is 1.45. The van der Waals surface area contributed by atoms with Crippen molar-refractivity contribution in [1.29, 1.82) is 0 Å². The van der Waals surface area contributed by atoms with Crippen molar-refractivity contribution in [2.45, 2.75) is 20.1 Å². The SMILES string of the molecule is CCOc1cc(/C=C/C(=O)OCc2nc3ccccc3s2)ccc1OC(F)F. The molecule has 0 aliphatic rings. The van der Waals surface area contributed by atoms with Gasteiger partial charge in [0.1, 0.15) is 11.6 Å². The molecule has 0 amide bonds. The number of rotatable bonds is 8. The second-order valence-electron chi connectivity index (χ2n) is 5.53. The fraction of sp³-hybridized carbons (Fsp3) is 0.200. The Bertz CT molecular complexity index is 954. The molecule has 0 aliphatic carbocycles. The summed E-state index contributed by atoms with van der Waals surface area (Å²) in [6.07, 6.45) is 2.77. The first-order chi connectivity index (χ1) is 13.5. The van der Waals surface area contributed by atoms with Crippen LogP contribution in [0.4, 0.5) is 8.78 Å². The standard InChI is InChI=1S/C20H17F2NO4S/c1-2-25-16-11-13(7-9-15(16)27-20(21)22)8-10-19(24)26-12-18-23-14-5-3-4-6-17(14)28-18/h3-11,20H,2,12H2,1H3/b10-8+. The van der Waals surface area contributed by atoms with Crippen LogP contribution in [0.5, 0.6) is 11.5 Å². The number of hydrogen-bond donors (Lipinski definition) is 0. The van der Waals surface area contributed by atoms with Gasteiger partial charge in [-0.3, -0.25) is 0 Å². The van der Waals surface area contributed by atoms with Gasteiger partial charge in [0, 0.05) is 6.08 Å². The number of carbonyl (C=O) groups is 1. The highest BCUT2D eigenvalue weighted by atomic mass is 32.1. The van der Waals surface area contributed by atoms with Gasteiger partial charge in [0.2, 0.25) is 0 Å². The van der Waals surface area contributed by atoms with Gasteiger partial charge in [-0.05, 0) is 42.8 Å². The number of benzene rings is 2. The number of alkyl halides is 2. The zero-order chi connectivity index (χ0) is 19.9. The Balaban J connectivity index is 1.61. The third kappa shape index (κ3) is 5.26. The van der Waals surface area contributed by atoms with Crippen LogP contribution in [-0.4, -0.2) is 24.2 Å². The number of carbonyl (C=O) groups excluding carboxylic acids is 1. The molecule has 1 heterocycles. The molecule has 1 aromatic heterocycles. The van der Waals surface area contributed by atoms with Gasteiger partial charge in [-0.2, -0.15) is 8.78 Å².